The van der Waals surface area contributed by atoms with Crippen molar-refractivity contribution >= 4 is 23.2 Å². The zero-order valence-corrected chi connectivity index (χ0v) is 19.4. The summed E-state index contributed by atoms with van der Waals surface area (Å²) in [6.45, 7) is 2.88. The maximum absolute atomic E-state index is 13.4. The molecule has 2 aliphatic rings. The smallest absolute Gasteiger partial charge is 0.431 e. The van der Waals surface area contributed by atoms with E-state index >= 15 is 0 Å². The Hall–Kier alpha value is -3.50. The molecule has 1 aromatic heterocycles. The predicted molar refractivity (Wildman–Crippen MR) is 124 cm³/mol. The Bertz CT molecular complexity index is 1070. The van der Waals surface area contributed by atoms with Crippen molar-refractivity contribution in [1.29, 1.82) is 0 Å². The minimum Gasteiger partial charge on any atom is -0.497 e. The highest BCUT2D eigenvalue weighted by Crippen LogP contribution is 2.37. The van der Waals surface area contributed by atoms with Crippen LogP contribution in [0.5, 0.6) is 11.5 Å². The number of nitrogens with zero attached hydrogens (tertiary/aromatic N) is 4. The van der Waals surface area contributed by atoms with Gasteiger partial charge in [0.2, 0.25) is 0 Å². The Morgan fingerprint density at radius 1 is 1.14 bits per heavy atom. The molecule has 188 valence electrons. The van der Waals surface area contributed by atoms with E-state index in [0.29, 0.717) is 11.4 Å². The molecule has 1 aromatic carbocycles. The zero-order valence-electron chi connectivity index (χ0n) is 19.4. The first-order valence-electron chi connectivity index (χ1n) is 11.3. The molecule has 1 N–H and O–H groups in total. The van der Waals surface area contributed by atoms with Crippen LogP contribution < -0.4 is 19.4 Å². The summed E-state index contributed by atoms with van der Waals surface area (Å²) in [4.78, 5) is 17.8. The van der Waals surface area contributed by atoms with Gasteiger partial charge in [0, 0.05) is 44.1 Å². The molecule has 1 fully saturated rings. The molecule has 3 heterocycles. The van der Waals surface area contributed by atoms with Crippen LogP contribution in [0.2, 0.25) is 0 Å². The quantitative estimate of drug-likeness (QED) is 0.615. The Kier molecular flexibility index (Phi) is 7.04. The third kappa shape index (κ3) is 5.60. The van der Waals surface area contributed by atoms with Gasteiger partial charge in [-0.15, -0.1) is 0 Å². The number of hydrogen-bond acceptors (Lipinski definition) is 7. The number of hydrazone groups is 1. The summed E-state index contributed by atoms with van der Waals surface area (Å²) in [7, 11) is 1.61. The number of hydrogen-bond donors (Lipinski definition) is 1. The number of methoxy groups -OCH3 is 1. The molecule has 1 saturated heterocycles. The van der Waals surface area contributed by atoms with Gasteiger partial charge in [-0.1, -0.05) is 6.92 Å². The molecule has 0 saturated carbocycles. The van der Waals surface area contributed by atoms with E-state index in [9.17, 15) is 23.1 Å². The molecule has 2 atom stereocenters. The lowest BCUT2D eigenvalue weighted by atomic mass is 9.94. The number of halogens is 3. The molecule has 8 nitrogen and oxygen atoms in total. The third-order valence-corrected chi connectivity index (χ3v) is 6.33. The van der Waals surface area contributed by atoms with Crippen molar-refractivity contribution in [3.05, 3.63) is 42.6 Å². The molecule has 0 amide bonds. The second-order valence-electron chi connectivity index (χ2n) is 8.63. The van der Waals surface area contributed by atoms with E-state index in [1.807, 2.05) is 6.07 Å². The van der Waals surface area contributed by atoms with Crippen molar-refractivity contribution in [2.24, 2.45) is 11.0 Å². The highest BCUT2D eigenvalue weighted by Gasteiger charge is 2.48. The van der Waals surface area contributed by atoms with E-state index < -0.39 is 36.2 Å². The summed E-state index contributed by atoms with van der Waals surface area (Å²) in [6.07, 6.45) is -1.81. The van der Waals surface area contributed by atoms with Gasteiger partial charge in [0.05, 0.1) is 25.3 Å². The normalized spacial score (nSPS) is 21.1. The van der Waals surface area contributed by atoms with Crippen LogP contribution in [0.25, 0.3) is 0 Å². The van der Waals surface area contributed by atoms with Gasteiger partial charge in [-0.25, -0.2) is 4.98 Å². The molecule has 0 spiro atoms. The molecule has 4 rings (SSSR count). The number of carbonyl (C=O) groups is 1. The van der Waals surface area contributed by atoms with Gasteiger partial charge in [-0.3, -0.25) is 9.80 Å². The first-order chi connectivity index (χ1) is 16.7. The van der Waals surface area contributed by atoms with E-state index in [1.165, 1.54) is 6.92 Å². The van der Waals surface area contributed by atoms with Gasteiger partial charge < -0.3 is 19.5 Å². The Labute approximate surface area is 201 Å². The summed E-state index contributed by atoms with van der Waals surface area (Å²) < 4.78 is 51.5. The lowest BCUT2D eigenvalue weighted by Gasteiger charge is -2.33. The van der Waals surface area contributed by atoms with Crippen molar-refractivity contribution in [3.63, 3.8) is 0 Å². The number of pyridine rings is 1. The average molecular weight is 492 g/mol. The van der Waals surface area contributed by atoms with Gasteiger partial charge in [-0.2, -0.15) is 18.3 Å². The maximum atomic E-state index is 13.4. The standard InChI is InChI=1S/C24H27F3N4O4/c1-15-20(14-22(32)33)31(29-23(15)24(25,26)27)16-3-5-17(6-4-16)35-18-8-11-30(12-9-18)21-13-19(34-2)7-10-28-21/h3-7,10,13,15,18,20H,8-9,11-12,14H2,1-2H3,(H,32,33). The monoisotopic (exact) mass is 492 g/mol. The van der Waals surface area contributed by atoms with Gasteiger partial charge >= 0.3 is 12.1 Å². The minimum absolute atomic E-state index is 0.0101. The number of rotatable bonds is 7. The van der Waals surface area contributed by atoms with Gasteiger partial charge in [0.25, 0.3) is 0 Å². The van der Waals surface area contributed by atoms with Crippen LogP contribution in [0.15, 0.2) is 47.7 Å². The number of ether oxygens (including phenoxy) is 2. The van der Waals surface area contributed by atoms with E-state index in [-0.39, 0.29) is 6.10 Å². The second-order valence-corrected chi connectivity index (χ2v) is 8.63. The summed E-state index contributed by atoms with van der Waals surface area (Å²) in [5.74, 6) is -0.0548. The van der Waals surface area contributed by atoms with Gasteiger partial charge in [0.15, 0.2) is 0 Å². The number of benzene rings is 1. The third-order valence-electron chi connectivity index (χ3n) is 6.33. The number of piperidine rings is 1. The minimum atomic E-state index is -4.62. The molecule has 0 radical (unpaired) electrons. The molecule has 11 heteroatoms. The first-order valence-corrected chi connectivity index (χ1v) is 11.3. The van der Waals surface area contributed by atoms with Crippen LogP contribution in [0.4, 0.5) is 24.7 Å². The fourth-order valence-corrected chi connectivity index (χ4v) is 4.45. The highest BCUT2D eigenvalue weighted by atomic mass is 19.4. The average Bonchev–Trinajstić information content (AvgIpc) is 3.16. The summed E-state index contributed by atoms with van der Waals surface area (Å²) >= 11 is 0. The zero-order chi connectivity index (χ0) is 25.2. The van der Waals surface area contributed by atoms with Gasteiger partial charge in [0.1, 0.15) is 29.1 Å². The predicted octanol–water partition coefficient (Wildman–Crippen LogP) is 4.36. The number of carboxylic acid groups (broad SMARTS) is 1. The molecular formula is C24H27F3N4O4. The van der Waals surface area contributed by atoms with Crippen LogP contribution in [0, 0.1) is 5.92 Å². The molecule has 0 aliphatic carbocycles. The molecule has 0 bridgehead atoms. The van der Waals surface area contributed by atoms with Crippen molar-refractivity contribution in [3.8, 4) is 11.5 Å². The van der Waals surface area contributed by atoms with Crippen molar-refractivity contribution < 1.29 is 32.5 Å². The fraction of sp³-hybridized carbons (Fsp3) is 0.458. The molecule has 2 unspecified atom stereocenters. The van der Waals surface area contributed by atoms with Crippen LogP contribution in [-0.2, 0) is 4.79 Å². The number of alkyl halides is 3. The molecular weight excluding hydrogens is 465 g/mol. The number of anilines is 2. The van der Waals surface area contributed by atoms with Crippen LogP contribution in [0.3, 0.4) is 0 Å². The number of aliphatic carboxylic acids is 1. The molecule has 2 aromatic rings. The van der Waals surface area contributed by atoms with Crippen molar-refractivity contribution in [2.45, 2.75) is 44.5 Å². The van der Waals surface area contributed by atoms with Crippen LogP contribution in [0.1, 0.15) is 26.2 Å². The SMILES string of the molecule is COc1ccnc(N2CCC(Oc3ccc(N4N=C(C(F)(F)F)C(C)C4CC(=O)O)cc3)CC2)c1. The Morgan fingerprint density at radius 3 is 2.43 bits per heavy atom. The Balaban J connectivity index is 1.40. The van der Waals surface area contributed by atoms with E-state index in [2.05, 4.69) is 15.0 Å². The van der Waals surface area contributed by atoms with E-state index in [4.69, 9.17) is 9.47 Å². The lowest BCUT2D eigenvalue weighted by molar-refractivity contribution is -0.137. The van der Waals surface area contributed by atoms with Crippen LogP contribution in [-0.4, -0.2) is 60.3 Å². The first kappa shape index (κ1) is 24.6. The topological polar surface area (TPSA) is 87.5 Å². The van der Waals surface area contributed by atoms with Gasteiger partial charge in [-0.05, 0) is 30.3 Å². The van der Waals surface area contributed by atoms with Crippen LogP contribution >= 0.6 is 0 Å². The lowest BCUT2D eigenvalue weighted by Crippen LogP contribution is -2.38. The van der Waals surface area contributed by atoms with Crippen molar-refractivity contribution in [1.82, 2.24) is 4.98 Å². The Morgan fingerprint density at radius 2 is 1.83 bits per heavy atom. The number of carboxylic acids is 1. The largest absolute Gasteiger partial charge is 0.497 e. The molecule has 2 aliphatic heterocycles. The second kappa shape index (κ2) is 10.0. The van der Waals surface area contributed by atoms with E-state index in [1.54, 1.807) is 43.6 Å². The van der Waals surface area contributed by atoms with E-state index in [0.717, 1.165) is 42.5 Å². The molecule has 35 heavy (non-hydrogen) atoms. The summed E-state index contributed by atoms with van der Waals surface area (Å²) in [5, 5.41) is 14.1. The summed E-state index contributed by atoms with van der Waals surface area (Å²) in [6, 6.07) is 9.33. The number of aromatic nitrogens is 1. The highest BCUT2D eigenvalue weighted by molar-refractivity contribution is 5.95. The van der Waals surface area contributed by atoms with Crippen molar-refractivity contribution in [2.75, 3.05) is 30.1 Å². The maximum Gasteiger partial charge on any atom is 0.431 e. The fourth-order valence-electron chi connectivity index (χ4n) is 4.45. The summed E-state index contributed by atoms with van der Waals surface area (Å²) in [5.41, 5.74) is -0.588.